The summed E-state index contributed by atoms with van der Waals surface area (Å²) in [5, 5.41) is 7.25. The quantitative estimate of drug-likeness (QED) is 0.528. The molecule has 3 rings (SSSR count). The molecule has 2 fully saturated rings. The summed E-state index contributed by atoms with van der Waals surface area (Å²) in [7, 11) is 4.10. The van der Waals surface area contributed by atoms with Gasteiger partial charge in [-0.1, -0.05) is 37.3 Å². The highest BCUT2D eigenvalue weighted by molar-refractivity contribution is 5.79. The van der Waals surface area contributed by atoms with Gasteiger partial charge in [0.15, 0.2) is 5.96 Å². The molecule has 1 aromatic carbocycles. The molecule has 30 heavy (non-hydrogen) atoms. The molecule has 0 aromatic heterocycles. The maximum Gasteiger partial charge on any atom is 0.191 e. The highest BCUT2D eigenvalue weighted by atomic mass is 15.3. The lowest BCUT2D eigenvalue weighted by Gasteiger charge is -2.38. The summed E-state index contributed by atoms with van der Waals surface area (Å²) in [6, 6.07) is 11.9. The van der Waals surface area contributed by atoms with Gasteiger partial charge in [-0.2, -0.15) is 0 Å². The molecule has 3 unspecified atom stereocenters. The van der Waals surface area contributed by atoms with Gasteiger partial charge in [-0.25, -0.2) is 0 Å². The molecule has 2 N–H and O–H groups in total. The summed E-state index contributed by atoms with van der Waals surface area (Å²) < 4.78 is 0. The standard InChI is InChI=1S/C24H42N6/c1-20(18-29-14-12-28(4)13-15-29)17-26-24(25-3)27-23-10-11-30(21(2)16-23)19-22-8-6-5-7-9-22/h5-9,20-21,23H,10-19H2,1-4H3,(H2,25,26,27). The SMILES string of the molecule is CN=C(NCC(C)CN1CCN(C)CC1)NC1CCN(Cc2ccccc2)C(C)C1. The Morgan fingerprint density at radius 1 is 1.13 bits per heavy atom. The lowest BCUT2D eigenvalue weighted by Crippen LogP contribution is -2.52. The van der Waals surface area contributed by atoms with Crippen LogP contribution in [0.25, 0.3) is 0 Å². The van der Waals surface area contributed by atoms with Crippen LogP contribution in [0.1, 0.15) is 32.3 Å². The van der Waals surface area contributed by atoms with Crippen LogP contribution in [0.15, 0.2) is 35.3 Å². The van der Waals surface area contributed by atoms with Gasteiger partial charge in [0, 0.05) is 71.5 Å². The van der Waals surface area contributed by atoms with Crippen LogP contribution in [-0.2, 0) is 6.54 Å². The molecule has 0 aliphatic carbocycles. The summed E-state index contributed by atoms with van der Waals surface area (Å²) in [4.78, 5) is 12.1. The lowest BCUT2D eigenvalue weighted by atomic mass is 9.97. The first kappa shape index (κ1) is 23.0. The lowest BCUT2D eigenvalue weighted by molar-refractivity contribution is 0.134. The average molecular weight is 415 g/mol. The van der Waals surface area contributed by atoms with Crippen molar-refractivity contribution in [3.63, 3.8) is 0 Å². The topological polar surface area (TPSA) is 46.1 Å². The van der Waals surface area contributed by atoms with Crippen molar-refractivity contribution in [1.29, 1.82) is 0 Å². The van der Waals surface area contributed by atoms with Gasteiger partial charge in [-0.15, -0.1) is 0 Å². The molecule has 2 aliphatic rings. The fourth-order valence-electron chi connectivity index (χ4n) is 4.60. The molecule has 0 saturated carbocycles. The maximum absolute atomic E-state index is 4.48. The fourth-order valence-corrected chi connectivity index (χ4v) is 4.60. The van der Waals surface area contributed by atoms with Crippen LogP contribution < -0.4 is 10.6 Å². The number of aliphatic imine (C=N–C) groups is 1. The maximum atomic E-state index is 4.48. The molecule has 6 heteroatoms. The normalized spacial score (nSPS) is 25.8. The Hall–Kier alpha value is -1.63. The molecule has 2 heterocycles. The molecule has 1 aromatic rings. The molecular weight excluding hydrogens is 372 g/mol. The first-order valence-corrected chi connectivity index (χ1v) is 11.7. The van der Waals surface area contributed by atoms with Crippen LogP contribution in [0.4, 0.5) is 0 Å². The van der Waals surface area contributed by atoms with Crippen LogP contribution >= 0.6 is 0 Å². The number of hydrogen-bond acceptors (Lipinski definition) is 4. The third-order valence-corrected chi connectivity index (χ3v) is 6.59. The summed E-state index contributed by atoms with van der Waals surface area (Å²) >= 11 is 0. The minimum atomic E-state index is 0.492. The molecule has 3 atom stereocenters. The smallest absolute Gasteiger partial charge is 0.191 e. The monoisotopic (exact) mass is 414 g/mol. The van der Waals surface area contributed by atoms with E-state index in [0.29, 0.717) is 18.0 Å². The number of benzene rings is 1. The van der Waals surface area contributed by atoms with Crippen molar-refractivity contribution in [2.75, 3.05) is 59.9 Å². The number of guanidine groups is 1. The number of nitrogens with zero attached hydrogens (tertiary/aromatic N) is 4. The zero-order chi connectivity index (χ0) is 21.3. The highest BCUT2D eigenvalue weighted by Crippen LogP contribution is 2.20. The van der Waals surface area contributed by atoms with E-state index in [1.807, 2.05) is 7.05 Å². The first-order chi connectivity index (χ1) is 14.5. The van der Waals surface area contributed by atoms with Gasteiger partial charge in [-0.05, 0) is 38.3 Å². The van der Waals surface area contributed by atoms with Crippen LogP contribution in [0.3, 0.4) is 0 Å². The summed E-state index contributed by atoms with van der Waals surface area (Å²) in [5.41, 5.74) is 1.41. The molecule has 2 saturated heterocycles. The van der Waals surface area contributed by atoms with Crippen molar-refractivity contribution in [3.05, 3.63) is 35.9 Å². The molecule has 6 nitrogen and oxygen atoms in total. The van der Waals surface area contributed by atoms with E-state index in [2.05, 4.69) is 81.6 Å². The fraction of sp³-hybridized carbons (Fsp3) is 0.708. The average Bonchev–Trinajstić information content (AvgIpc) is 2.75. The van der Waals surface area contributed by atoms with Crippen LogP contribution in [0.5, 0.6) is 0 Å². The van der Waals surface area contributed by atoms with Gasteiger partial charge in [0.05, 0.1) is 0 Å². The second kappa shape index (κ2) is 11.7. The van der Waals surface area contributed by atoms with Crippen molar-refractivity contribution in [2.24, 2.45) is 10.9 Å². The van der Waals surface area contributed by atoms with Gasteiger partial charge in [0.2, 0.25) is 0 Å². The van der Waals surface area contributed by atoms with E-state index in [1.165, 1.54) is 31.7 Å². The minimum Gasteiger partial charge on any atom is -0.356 e. The van der Waals surface area contributed by atoms with E-state index < -0.39 is 0 Å². The van der Waals surface area contributed by atoms with Crippen LogP contribution in [-0.4, -0.2) is 92.7 Å². The van der Waals surface area contributed by atoms with E-state index in [1.54, 1.807) is 0 Å². The van der Waals surface area contributed by atoms with Gasteiger partial charge >= 0.3 is 0 Å². The van der Waals surface area contributed by atoms with E-state index in [-0.39, 0.29) is 0 Å². The van der Waals surface area contributed by atoms with Crippen molar-refractivity contribution < 1.29 is 0 Å². The predicted molar refractivity (Wildman–Crippen MR) is 127 cm³/mol. The third kappa shape index (κ3) is 7.25. The van der Waals surface area contributed by atoms with Crippen molar-refractivity contribution in [1.82, 2.24) is 25.3 Å². The number of likely N-dealkylation sites (tertiary alicyclic amines) is 1. The van der Waals surface area contributed by atoms with Gasteiger partial charge < -0.3 is 20.4 Å². The van der Waals surface area contributed by atoms with Crippen LogP contribution in [0, 0.1) is 5.92 Å². The molecular formula is C24H42N6. The second-order valence-corrected chi connectivity index (χ2v) is 9.33. The number of rotatable bonds is 7. The molecule has 2 aliphatic heterocycles. The largest absolute Gasteiger partial charge is 0.356 e. The van der Waals surface area contributed by atoms with Gasteiger partial charge in [-0.3, -0.25) is 9.89 Å². The number of piperazine rings is 1. The summed E-state index contributed by atoms with van der Waals surface area (Å²) in [6.45, 7) is 13.7. The molecule has 0 amide bonds. The van der Waals surface area contributed by atoms with Crippen LogP contribution in [0.2, 0.25) is 0 Å². The Balaban J connectivity index is 1.37. The number of nitrogens with one attached hydrogen (secondary N) is 2. The van der Waals surface area contributed by atoms with Gasteiger partial charge in [0.25, 0.3) is 0 Å². The summed E-state index contributed by atoms with van der Waals surface area (Å²) in [5.74, 6) is 1.56. The zero-order valence-electron chi connectivity index (χ0n) is 19.5. The number of hydrogen-bond donors (Lipinski definition) is 2. The third-order valence-electron chi connectivity index (χ3n) is 6.59. The van der Waals surface area contributed by atoms with Gasteiger partial charge in [0.1, 0.15) is 0 Å². The molecule has 0 spiro atoms. The Morgan fingerprint density at radius 2 is 1.87 bits per heavy atom. The highest BCUT2D eigenvalue weighted by Gasteiger charge is 2.26. The Kier molecular flexibility index (Phi) is 8.97. The predicted octanol–water partition coefficient (Wildman–Crippen LogP) is 2.09. The van der Waals surface area contributed by atoms with E-state index in [4.69, 9.17) is 0 Å². The Labute approximate surface area is 183 Å². The number of piperidine rings is 1. The van der Waals surface area contributed by atoms with Crippen molar-refractivity contribution in [3.8, 4) is 0 Å². The molecule has 0 radical (unpaired) electrons. The van der Waals surface area contributed by atoms with Crippen molar-refractivity contribution >= 4 is 5.96 Å². The summed E-state index contributed by atoms with van der Waals surface area (Å²) in [6.07, 6.45) is 2.32. The van der Waals surface area contributed by atoms with E-state index >= 15 is 0 Å². The van der Waals surface area contributed by atoms with Crippen molar-refractivity contribution in [2.45, 2.75) is 45.3 Å². The first-order valence-electron chi connectivity index (χ1n) is 11.7. The number of likely N-dealkylation sites (N-methyl/N-ethyl adjacent to an activating group) is 1. The molecule has 0 bridgehead atoms. The Morgan fingerprint density at radius 3 is 2.53 bits per heavy atom. The van der Waals surface area contributed by atoms with E-state index in [0.717, 1.165) is 45.0 Å². The zero-order valence-corrected chi connectivity index (χ0v) is 19.5. The molecule has 168 valence electrons. The second-order valence-electron chi connectivity index (χ2n) is 9.33. The Bertz CT molecular complexity index is 640. The minimum absolute atomic E-state index is 0.492. The van der Waals surface area contributed by atoms with E-state index in [9.17, 15) is 0 Å².